The molecule has 4 heteroatoms. The number of fused-ring (bicyclic) bond motifs is 2. The second-order valence-corrected chi connectivity index (χ2v) is 7.66. The third kappa shape index (κ3) is 1.85. The van der Waals surface area contributed by atoms with Crippen molar-refractivity contribution in [3.8, 4) is 0 Å². The lowest BCUT2D eigenvalue weighted by molar-refractivity contribution is 0.0700. The van der Waals surface area contributed by atoms with Gasteiger partial charge in [-0.2, -0.15) is 0 Å². The summed E-state index contributed by atoms with van der Waals surface area (Å²) < 4.78 is 23.6. The predicted molar refractivity (Wildman–Crippen MR) is 59.3 cm³/mol. The van der Waals surface area contributed by atoms with Gasteiger partial charge >= 0.3 is 0 Å². The highest BCUT2D eigenvalue weighted by Gasteiger charge is 2.51. The standard InChI is InChI=1S/C11H18O3S/c1-8(2)5-11(12)6-9-3-4-10(7-11)15(9,13)14/h5,9-10,12H,3-4,6-7H2,1-2H3. The maximum Gasteiger partial charge on any atom is 0.156 e. The van der Waals surface area contributed by atoms with Gasteiger partial charge in [-0.1, -0.05) is 11.6 Å². The average Bonchev–Trinajstić information content (AvgIpc) is 2.30. The highest BCUT2D eigenvalue weighted by Crippen LogP contribution is 2.43. The number of aliphatic hydroxyl groups is 1. The van der Waals surface area contributed by atoms with E-state index < -0.39 is 15.4 Å². The van der Waals surface area contributed by atoms with Crippen LogP contribution in [0.3, 0.4) is 0 Å². The third-order valence-electron chi connectivity index (χ3n) is 3.46. The van der Waals surface area contributed by atoms with Crippen molar-refractivity contribution in [2.24, 2.45) is 0 Å². The van der Waals surface area contributed by atoms with Gasteiger partial charge in [0.15, 0.2) is 9.84 Å². The number of allylic oxidation sites excluding steroid dienone is 1. The summed E-state index contributed by atoms with van der Waals surface area (Å²) in [7, 11) is -2.93. The molecular weight excluding hydrogens is 212 g/mol. The van der Waals surface area contributed by atoms with E-state index in [1.165, 1.54) is 0 Å². The van der Waals surface area contributed by atoms with Crippen LogP contribution in [-0.2, 0) is 9.84 Å². The Bertz CT molecular complexity index is 370. The first-order chi connectivity index (χ1) is 6.83. The molecule has 2 bridgehead atoms. The van der Waals surface area contributed by atoms with Crippen molar-refractivity contribution in [1.82, 2.24) is 0 Å². The van der Waals surface area contributed by atoms with Gasteiger partial charge in [-0.3, -0.25) is 0 Å². The Balaban J connectivity index is 2.29. The van der Waals surface area contributed by atoms with Gasteiger partial charge in [0.2, 0.25) is 0 Å². The molecule has 1 N–H and O–H groups in total. The average molecular weight is 230 g/mol. The van der Waals surface area contributed by atoms with Crippen molar-refractivity contribution in [3.63, 3.8) is 0 Å². The van der Waals surface area contributed by atoms with Crippen LogP contribution in [0.15, 0.2) is 11.6 Å². The van der Waals surface area contributed by atoms with E-state index in [-0.39, 0.29) is 10.5 Å². The lowest BCUT2D eigenvalue weighted by Gasteiger charge is -2.34. The summed E-state index contributed by atoms with van der Waals surface area (Å²) in [6.45, 7) is 3.87. The molecule has 0 amide bonds. The van der Waals surface area contributed by atoms with Crippen molar-refractivity contribution >= 4 is 9.84 Å². The minimum absolute atomic E-state index is 0.308. The van der Waals surface area contributed by atoms with E-state index in [1.54, 1.807) is 0 Å². The van der Waals surface area contributed by atoms with Crippen molar-refractivity contribution < 1.29 is 13.5 Å². The van der Waals surface area contributed by atoms with Crippen molar-refractivity contribution in [1.29, 1.82) is 0 Å². The number of sulfone groups is 1. The van der Waals surface area contributed by atoms with Crippen molar-refractivity contribution in [2.75, 3.05) is 0 Å². The Labute approximate surface area is 91.1 Å². The van der Waals surface area contributed by atoms with Crippen LogP contribution >= 0.6 is 0 Å². The Hall–Kier alpha value is -0.350. The molecule has 2 saturated heterocycles. The van der Waals surface area contributed by atoms with E-state index in [0.717, 1.165) is 18.4 Å². The van der Waals surface area contributed by atoms with Gasteiger partial charge in [0.25, 0.3) is 0 Å². The van der Waals surface area contributed by atoms with Crippen LogP contribution < -0.4 is 0 Å². The Kier molecular flexibility index (Phi) is 2.47. The molecular formula is C11H18O3S. The fraction of sp³-hybridized carbons (Fsp3) is 0.818. The molecule has 15 heavy (non-hydrogen) atoms. The van der Waals surface area contributed by atoms with Crippen LogP contribution in [0.2, 0.25) is 0 Å². The van der Waals surface area contributed by atoms with Gasteiger partial charge in [-0.15, -0.1) is 0 Å². The van der Waals surface area contributed by atoms with Gasteiger partial charge < -0.3 is 5.11 Å². The number of rotatable bonds is 1. The zero-order valence-electron chi connectivity index (χ0n) is 9.23. The maximum atomic E-state index is 11.8. The molecule has 0 aromatic carbocycles. The number of hydrogen-bond donors (Lipinski definition) is 1. The van der Waals surface area contributed by atoms with E-state index in [9.17, 15) is 13.5 Å². The molecule has 2 atom stereocenters. The van der Waals surface area contributed by atoms with E-state index in [1.807, 2.05) is 19.9 Å². The molecule has 0 aromatic rings. The molecule has 0 saturated carbocycles. The third-order valence-corrected chi connectivity index (χ3v) is 6.12. The first-order valence-electron chi connectivity index (χ1n) is 5.45. The number of hydrogen-bond acceptors (Lipinski definition) is 3. The van der Waals surface area contributed by atoms with Crippen LogP contribution in [-0.4, -0.2) is 29.6 Å². The smallest absolute Gasteiger partial charge is 0.156 e. The first kappa shape index (κ1) is 11.1. The quantitative estimate of drug-likeness (QED) is 0.693. The highest BCUT2D eigenvalue weighted by atomic mass is 32.2. The molecule has 0 radical (unpaired) electrons. The minimum atomic E-state index is -2.93. The molecule has 2 heterocycles. The summed E-state index contributed by atoms with van der Waals surface area (Å²) in [6, 6.07) is 0. The normalized spacial score (nSPS) is 42.6. The Morgan fingerprint density at radius 1 is 1.27 bits per heavy atom. The summed E-state index contributed by atoms with van der Waals surface area (Å²) in [6.07, 6.45) is 4.05. The van der Waals surface area contributed by atoms with Crippen LogP contribution in [0, 0.1) is 0 Å². The Morgan fingerprint density at radius 3 is 2.13 bits per heavy atom. The van der Waals surface area contributed by atoms with Crippen LogP contribution in [0.5, 0.6) is 0 Å². The lowest BCUT2D eigenvalue weighted by Crippen LogP contribution is -2.43. The molecule has 2 aliphatic rings. The van der Waals surface area contributed by atoms with Gasteiger partial charge in [0, 0.05) is 0 Å². The van der Waals surface area contributed by atoms with Gasteiger partial charge in [0.1, 0.15) is 0 Å². The van der Waals surface area contributed by atoms with Crippen LogP contribution in [0.1, 0.15) is 39.5 Å². The van der Waals surface area contributed by atoms with Gasteiger partial charge in [-0.25, -0.2) is 8.42 Å². The molecule has 0 aliphatic carbocycles. The summed E-state index contributed by atoms with van der Waals surface area (Å²) in [5, 5.41) is 9.70. The van der Waals surface area contributed by atoms with E-state index >= 15 is 0 Å². The second kappa shape index (κ2) is 3.32. The molecule has 0 spiro atoms. The maximum absolute atomic E-state index is 11.8. The van der Waals surface area contributed by atoms with E-state index in [2.05, 4.69) is 0 Å². The van der Waals surface area contributed by atoms with Crippen molar-refractivity contribution in [3.05, 3.63) is 11.6 Å². The topological polar surface area (TPSA) is 54.4 Å². The van der Waals surface area contributed by atoms with Crippen molar-refractivity contribution in [2.45, 2.75) is 55.6 Å². The van der Waals surface area contributed by atoms with Gasteiger partial charge in [0.05, 0.1) is 16.1 Å². The molecule has 2 rings (SSSR count). The fourth-order valence-electron chi connectivity index (χ4n) is 2.94. The second-order valence-electron chi connectivity index (χ2n) is 5.14. The minimum Gasteiger partial charge on any atom is -0.386 e. The largest absolute Gasteiger partial charge is 0.386 e. The molecule has 86 valence electrons. The SMILES string of the molecule is CC(C)=CC1(O)CC2CCC(C1)S2(=O)=O. The Morgan fingerprint density at radius 2 is 1.73 bits per heavy atom. The molecule has 2 unspecified atom stereocenters. The predicted octanol–water partition coefficient (Wildman–Crippen LogP) is 1.42. The summed E-state index contributed by atoms with van der Waals surface area (Å²) in [5.74, 6) is 0. The molecule has 3 nitrogen and oxygen atoms in total. The van der Waals surface area contributed by atoms with Crippen LogP contribution in [0.25, 0.3) is 0 Å². The summed E-state index contributed by atoms with van der Waals surface area (Å²) in [4.78, 5) is 0. The zero-order valence-corrected chi connectivity index (χ0v) is 10.0. The summed E-state index contributed by atoms with van der Waals surface area (Å²) >= 11 is 0. The van der Waals surface area contributed by atoms with E-state index in [4.69, 9.17) is 0 Å². The lowest BCUT2D eigenvalue weighted by atomic mass is 9.92. The molecule has 2 aliphatic heterocycles. The van der Waals surface area contributed by atoms with E-state index in [0.29, 0.717) is 12.8 Å². The highest BCUT2D eigenvalue weighted by molar-refractivity contribution is 7.93. The zero-order chi connectivity index (χ0) is 11.3. The fourth-order valence-corrected chi connectivity index (χ4v) is 5.45. The summed E-state index contributed by atoms with van der Waals surface area (Å²) in [5.41, 5.74) is 0.173. The van der Waals surface area contributed by atoms with Crippen LogP contribution in [0.4, 0.5) is 0 Å². The molecule has 0 aromatic heterocycles. The van der Waals surface area contributed by atoms with Gasteiger partial charge in [-0.05, 0) is 39.5 Å². The molecule has 2 fully saturated rings. The monoisotopic (exact) mass is 230 g/mol. The first-order valence-corrected chi connectivity index (χ1v) is 7.06.